The van der Waals surface area contributed by atoms with Gasteiger partial charge in [0, 0.05) is 0 Å². The fourth-order valence-corrected chi connectivity index (χ4v) is 0.649. The molecule has 1 amide bonds. The number of ether oxygens (including phenoxy) is 1. The van der Waals surface area contributed by atoms with Crippen molar-refractivity contribution in [1.29, 1.82) is 0 Å². The summed E-state index contributed by atoms with van der Waals surface area (Å²) in [5.74, 6) is 0. The number of hydrogen-bond acceptors (Lipinski definition) is 6. The average Bonchev–Trinajstić information content (AvgIpc) is 1.99. The van der Waals surface area contributed by atoms with Gasteiger partial charge in [-0.15, -0.1) is 10.1 Å². The maximum absolute atomic E-state index is 10.1. The molecule has 0 spiro atoms. The van der Waals surface area contributed by atoms with Gasteiger partial charge in [0.05, 0.1) is 0 Å². The highest BCUT2D eigenvalue weighted by molar-refractivity contribution is 5.64. The lowest BCUT2D eigenvalue weighted by molar-refractivity contribution is -0.769. The van der Waals surface area contributed by atoms with Gasteiger partial charge < -0.3 is 21.0 Å². The molecule has 4 N–H and O–H groups in total. The zero-order valence-electron chi connectivity index (χ0n) is 6.84. The van der Waals surface area contributed by atoms with Crippen molar-refractivity contribution in [3.8, 4) is 0 Å². The van der Waals surface area contributed by atoms with Gasteiger partial charge in [-0.05, 0) is 13.0 Å². The van der Waals surface area contributed by atoms with E-state index in [-0.39, 0.29) is 19.6 Å². The van der Waals surface area contributed by atoms with Crippen molar-refractivity contribution in [2.75, 3.05) is 13.2 Å². The SMILES string of the molecule is NCCC(COC(N)=O)O[N+](=O)[O-]. The van der Waals surface area contributed by atoms with Gasteiger partial charge in [0.15, 0.2) is 0 Å². The molecular formula is C5H11N3O5. The number of carbonyl (C=O) groups excluding carboxylic acids is 1. The fraction of sp³-hybridized carbons (Fsp3) is 0.800. The Bertz CT molecular complexity index is 185. The lowest BCUT2D eigenvalue weighted by Crippen LogP contribution is -2.28. The Balaban J connectivity index is 3.79. The fourth-order valence-electron chi connectivity index (χ4n) is 0.649. The number of hydrogen-bond donors (Lipinski definition) is 2. The van der Waals surface area contributed by atoms with Crippen LogP contribution in [0.15, 0.2) is 0 Å². The first-order valence-electron chi connectivity index (χ1n) is 3.49. The predicted octanol–water partition coefficient (Wildman–Crippen LogP) is -0.993. The first kappa shape index (κ1) is 11.4. The number of nitrogens with zero attached hydrogens (tertiary/aromatic N) is 1. The van der Waals surface area contributed by atoms with Crippen molar-refractivity contribution < 1.29 is 19.5 Å². The molecule has 0 rings (SSSR count). The highest BCUT2D eigenvalue weighted by atomic mass is 17.0. The standard InChI is InChI=1S/C5H11N3O5/c6-2-1-4(13-8(10)11)3-12-5(7)9/h4H,1-3,6H2,(H2,7,9). The summed E-state index contributed by atoms with van der Waals surface area (Å²) in [6, 6.07) is 0. The summed E-state index contributed by atoms with van der Waals surface area (Å²) in [6.45, 7) is -0.0753. The van der Waals surface area contributed by atoms with E-state index in [1.807, 2.05) is 0 Å². The zero-order valence-corrected chi connectivity index (χ0v) is 6.84. The topological polar surface area (TPSA) is 131 Å². The van der Waals surface area contributed by atoms with Crippen LogP contribution < -0.4 is 11.5 Å². The Morgan fingerprint density at radius 1 is 1.62 bits per heavy atom. The third kappa shape index (κ3) is 6.81. The lowest BCUT2D eigenvalue weighted by atomic mass is 10.3. The first-order chi connectivity index (χ1) is 6.06. The Hall–Kier alpha value is -1.57. The van der Waals surface area contributed by atoms with Gasteiger partial charge in [-0.3, -0.25) is 0 Å². The summed E-state index contributed by atoms with van der Waals surface area (Å²) in [4.78, 5) is 24.2. The minimum absolute atomic E-state index is 0.195. The summed E-state index contributed by atoms with van der Waals surface area (Å²) in [7, 11) is 0. The lowest BCUT2D eigenvalue weighted by Gasteiger charge is -2.12. The van der Waals surface area contributed by atoms with Crippen LogP contribution >= 0.6 is 0 Å². The average molecular weight is 193 g/mol. The van der Waals surface area contributed by atoms with E-state index in [0.717, 1.165) is 0 Å². The van der Waals surface area contributed by atoms with Gasteiger partial charge in [0.2, 0.25) is 0 Å². The van der Waals surface area contributed by atoms with Crippen molar-refractivity contribution in [3.63, 3.8) is 0 Å². The van der Waals surface area contributed by atoms with Crippen LogP contribution in [0, 0.1) is 10.1 Å². The van der Waals surface area contributed by atoms with Crippen LogP contribution in [0.5, 0.6) is 0 Å². The molecule has 0 saturated heterocycles. The molecule has 8 nitrogen and oxygen atoms in total. The molecule has 0 aromatic carbocycles. The Labute approximate surface area is 73.9 Å². The van der Waals surface area contributed by atoms with Crippen molar-refractivity contribution >= 4 is 6.09 Å². The molecule has 0 bridgehead atoms. The molecule has 1 atom stereocenters. The molecule has 0 saturated carbocycles. The van der Waals surface area contributed by atoms with E-state index < -0.39 is 17.3 Å². The van der Waals surface area contributed by atoms with Crippen LogP contribution in [0.1, 0.15) is 6.42 Å². The van der Waals surface area contributed by atoms with Crippen molar-refractivity contribution in [2.24, 2.45) is 11.5 Å². The smallest absolute Gasteiger partial charge is 0.404 e. The number of carbonyl (C=O) groups is 1. The third-order valence-electron chi connectivity index (χ3n) is 1.14. The highest BCUT2D eigenvalue weighted by Gasteiger charge is 2.13. The summed E-state index contributed by atoms with van der Waals surface area (Å²) >= 11 is 0. The molecule has 1 unspecified atom stereocenters. The Morgan fingerprint density at radius 3 is 2.62 bits per heavy atom. The predicted molar refractivity (Wildman–Crippen MR) is 41.1 cm³/mol. The van der Waals surface area contributed by atoms with Crippen molar-refractivity contribution in [3.05, 3.63) is 10.1 Å². The summed E-state index contributed by atoms with van der Waals surface area (Å²) in [5, 5.41) is 8.93. The van der Waals surface area contributed by atoms with Gasteiger partial charge in [0.25, 0.3) is 5.09 Å². The quantitative estimate of drug-likeness (QED) is 0.411. The van der Waals surface area contributed by atoms with Crippen LogP contribution in [0.25, 0.3) is 0 Å². The minimum Gasteiger partial charge on any atom is -0.447 e. The van der Waals surface area contributed by atoms with Crippen molar-refractivity contribution in [2.45, 2.75) is 12.5 Å². The van der Waals surface area contributed by atoms with E-state index in [0.29, 0.717) is 0 Å². The molecule has 0 aromatic rings. The summed E-state index contributed by atoms with van der Waals surface area (Å²) < 4.78 is 4.31. The zero-order chi connectivity index (χ0) is 10.3. The van der Waals surface area contributed by atoms with Crippen LogP contribution in [0.2, 0.25) is 0 Å². The van der Waals surface area contributed by atoms with Gasteiger partial charge >= 0.3 is 6.09 Å². The summed E-state index contributed by atoms with van der Waals surface area (Å²) in [6.07, 6.45) is -1.64. The van der Waals surface area contributed by atoms with Crippen LogP contribution in [-0.2, 0) is 9.57 Å². The van der Waals surface area contributed by atoms with Gasteiger partial charge in [-0.25, -0.2) is 4.79 Å². The molecule has 0 aliphatic carbocycles. The minimum atomic E-state index is -1.01. The van der Waals surface area contributed by atoms with E-state index in [9.17, 15) is 14.9 Å². The van der Waals surface area contributed by atoms with Crippen LogP contribution in [-0.4, -0.2) is 30.4 Å². The van der Waals surface area contributed by atoms with Crippen LogP contribution in [0.4, 0.5) is 4.79 Å². The maximum Gasteiger partial charge on any atom is 0.404 e. The second-order valence-electron chi connectivity index (χ2n) is 2.16. The maximum atomic E-state index is 10.1. The van der Waals surface area contributed by atoms with E-state index in [2.05, 4.69) is 15.3 Å². The van der Waals surface area contributed by atoms with E-state index in [1.165, 1.54) is 0 Å². The largest absolute Gasteiger partial charge is 0.447 e. The van der Waals surface area contributed by atoms with Crippen molar-refractivity contribution in [1.82, 2.24) is 0 Å². The molecule has 8 heteroatoms. The molecule has 0 fully saturated rings. The number of rotatable bonds is 6. The van der Waals surface area contributed by atoms with Gasteiger partial charge in [-0.2, -0.15) is 0 Å². The molecule has 0 aliphatic heterocycles. The second kappa shape index (κ2) is 6.00. The monoisotopic (exact) mass is 193 g/mol. The van der Waals surface area contributed by atoms with Gasteiger partial charge in [-0.1, -0.05) is 0 Å². The normalized spacial score (nSPS) is 11.8. The summed E-state index contributed by atoms with van der Waals surface area (Å²) in [5.41, 5.74) is 9.79. The molecule has 76 valence electrons. The molecule has 0 aliphatic rings. The third-order valence-corrected chi connectivity index (χ3v) is 1.14. The Morgan fingerprint density at radius 2 is 2.23 bits per heavy atom. The Kier molecular flexibility index (Phi) is 5.28. The van der Waals surface area contributed by atoms with Gasteiger partial charge in [0.1, 0.15) is 12.7 Å². The molecule has 0 heterocycles. The van der Waals surface area contributed by atoms with E-state index >= 15 is 0 Å². The molecule has 0 radical (unpaired) electrons. The molecule has 0 aromatic heterocycles. The number of nitrogens with two attached hydrogens (primary N) is 2. The number of primary amides is 1. The molecular weight excluding hydrogens is 182 g/mol. The highest BCUT2D eigenvalue weighted by Crippen LogP contribution is 1.98. The van der Waals surface area contributed by atoms with E-state index in [4.69, 9.17) is 5.73 Å². The molecule has 13 heavy (non-hydrogen) atoms. The van der Waals surface area contributed by atoms with Crippen LogP contribution in [0.3, 0.4) is 0 Å². The second-order valence-corrected chi connectivity index (χ2v) is 2.16. The number of amides is 1. The first-order valence-corrected chi connectivity index (χ1v) is 3.49. The van der Waals surface area contributed by atoms with E-state index in [1.54, 1.807) is 0 Å².